The molecule has 0 bridgehead atoms. The molecule has 2 aromatic carbocycles. The van der Waals surface area contributed by atoms with E-state index in [4.69, 9.17) is 14.2 Å². The maximum Gasteiger partial charge on any atom is 0.359 e. The Balaban J connectivity index is 1.69. The lowest BCUT2D eigenvalue weighted by atomic mass is 10.1. The number of carbonyl (C=O) groups is 1. The number of fused-ring (bicyclic) bond motifs is 1. The van der Waals surface area contributed by atoms with Gasteiger partial charge in [0.25, 0.3) is 5.56 Å². The summed E-state index contributed by atoms with van der Waals surface area (Å²) < 4.78 is 17.3. The minimum atomic E-state index is -0.584. The number of aromatic nitrogens is 2. The maximum atomic E-state index is 12.5. The molecule has 3 aromatic rings. The quantitative estimate of drug-likeness (QED) is 0.440. The lowest BCUT2D eigenvalue weighted by Gasteiger charge is -2.11. The average Bonchev–Trinajstić information content (AvgIpc) is 2.73. The second-order valence-corrected chi connectivity index (χ2v) is 6.08. The largest absolute Gasteiger partial charge is 0.497 e. The Morgan fingerprint density at radius 1 is 1.00 bits per heavy atom. The third-order valence-corrected chi connectivity index (χ3v) is 4.14. The molecule has 146 valence electrons. The zero-order chi connectivity index (χ0) is 19.9. The van der Waals surface area contributed by atoms with Crippen molar-refractivity contribution in [2.24, 2.45) is 0 Å². The van der Waals surface area contributed by atoms with Crippen molar-refractivity contribution >= 4 is 16.7 Å². The summed E-state index contributed by atoms with van der Waals surface area (Å²) in [7, 11) is 1.59. The van der Waals surface area contributed by atoms with E-state index < -0.39 is 5.97 Å². The molecule has 7 heteroatoms. The van der Waals surface area contributed by atoms with Gasteiger partial charge in [0.2, 0.25) is 0 Å². The molecule has 0 unspecified atom stereocenters. The molecule has 0 fully saturated rings. The number of rotatable bonds is 8. The molecule has 0 saturated carbocycles. The van der Waals surface area contributed by atoms with E-state index in [1.165, 1.54) is 4.68 Å². The van der Waals surface area contributed by atoms with Gasteiger partial charge >= 0.3 is 5.97 Å². The van der Waals surface area contributed by atoms with Crippen LogP contribution in [0, 0.1) is 0 Å². The summed E-state index contributed by atoms with van der Waals surface area (Å²) in [6.45, 7) is 2.64. The zero-order valence-electron chi connectivity index (χ0n) is 15.9. The molecule has 1 aromatic heterocycles. The second-order valence-electron chi connectivity index (χ2n) is 6.08. The number of esters is 1. The number of aryl methyl sites for hydroxylation is 1. The predicted molar refractivity (Wildman–Crippen MR) is 105 cm³/mol. The first-order chi connectivity index (χ1) is 13.6. The first kappa shape index (κ1) is 19.4. The lowest BCUT2D eigenvalue weighted by Crippen LogP contribution is -2.26. The highest BCUT2D eigenvalue weighted by Gasteiger charge is 2.17. The minimum absolute atomic E-state index is 0.0633. The van der Waals surface area contributed by atoms with E-state index >= 15 is 0 Å². The molecular formula is C21H22N2O5. The van der Waals surface area contributed by atoms with Gasteiger partial charge in [-0.05, 0) is 36.8 Å². The van der Waals surface area contributed by atoms with E-state index in [-0.39, 0.29) is 24.5 Å². The molecule has 3 rings (SSSR count). The molecule has 0 radical (unpaired) electrons. The van der Waals surface area contributed by atoms with Crippen LogP contribution in [0.3, 0.4) is 0 Å². The van der Waals surface area contributed by atoms with Gasteiger partial charge in [-0.3, -0.25) is 4.79 Å². The van der Waals surface area contributed by atoms with E-state index in [1.54, 1.807) is 55.6 Å². The van der Waals surface area contributed by atoms with E-state index in [0.717, 1.165) is 12.2 Å². The van der Waals surface area contributed by atoms with Gasteiger partial charge in [0.05, 0.1) is 12.5 Å². The van der Waals surface area contributed by atoms with Gasteiger partial charge in [-0.15, -0.1) is 0 Å². The Bertz CT molecular complexity index is 1010. The Kier molecular flexibility index (Phi) is 6.26. The van der Waals surface area contributed by atoms with Gasteiger partial charge in [0.15, 0.2) is 5.69 Å². The van der Waals surface area contributed by atoms with Crippen molar-refractivity contribution in [3.05, 3.63) is 64.6 Å². The Morgan fingerprint density at radius 2 is 1.68 bits per heavy atom. The third kappa shape index (κ3) is 4.31. The van der Waals surface area contributed by atoms with Crippen molar-refractivity contribution in [1.29, 1.82) is 0 Å². The van der Waals surface area contributed by atoms with Crippen molar-refractivity contribution < 1.29 is 19.0 Å². The van der Waals surface area contributed by atoms with Crippen molar-refractivity contribution in [2.75, 3.05) is 20.3 Å². The van der Waals surface area contributed by atoms with Crippen molar-refractivity contribution in [3.8, 4) is 11.5 Å². The molecule has 0 aliphatic heterocycles. The van der Waals surface area contributed by atoms with Crippen molar-refractivity contribution in [3.63, 3.8) is 0 Å². The predicted octanol–water partition coefficient (Wildman–Crippen LogP) is 3.05. The van der Waals surface area contributed by atoms with Gasteiger partial charge < -0.3 is 14.2 Å². The standard InChI is InChI=1S/C21H22N2O5/c1-3-12-23-20(24)18-7-5-4-6-17(18)19(22-23)21(25)28-14-13-27-16-10-8-15(26-2)9-11-16/h4-11H,3,12-14H2,1-2H3. The van der Waals surface area contributed by atoms with Gasteiger partial charge in [-0.25, -0.2) is 9.48 Å². The van der Waals surface area contributed by atoms with Crippen LogP contribution in [0.1, 0.15) is 23.8 Å². The topological polar surface area (TPSA) is 79.7 Å². The molecule has 28 heavy (non-hydrogen) atoms. The summed E-state index contributed by atoms with van der Waals surface area (Å²) in [5.41, 5.74) is -0.0788. The van der Waals surface area contributed by atoms with Crippen LogP contribution in [0.5, 0.6) is 11.5 Å². The first-order valence-electron chi connectivity index (χ1n) is 9.08. The molecule has 0 N–H and O–H groups in total. The molecule has 1 heterocycles. The van der Waals surface area contributed by atoms with Crippen LogP contribution in [0.4, 0.5) is 0 Å². The zero-order valence-corrected chi connectivity index (χ0v) is 15.9. The lowest BCUT2D eigenvalue weighted by molar-refractivity contribution is 0.0443. The number of hydrogen-bond acceptors (Lipinski definition) is 6. The summed E-state index contributed by atoms with van der Waals surface area (Å²) in [5, 5.41) is 5.16. The first-order valence-corrected chi connectivity index (χ1v) is 9.08. The maximum absolute atomic E-state index is 12.5. The minimum Gasteiger partial charge on any atom is -0.497 e. The van der Waals surface area contributed by atoms with E-state index in [0.29, 0.717) is 23.1 Å². The third-order valence-electron chi connectivity index (χ3n) is 4.14. The fourth-order valence-corrected chi connectivity index (χ4v) is 2.78. The number of methoxy groups -OCH3 is 1. The fourth-order valence-electron chi connectivity index (χ4n) is 2.78. The molecule has 0 atom stereocenters. The highest BCUT2D eigenvalue weighted by Crippen LogP contribution is 2.17. The summed E-state index contributed by atoms with van der Waals surface area (Å²) in [6, 6.07) is 14.0. The van der Waals surface area contributed by atoms with Crippen molar-refractivity contribution in [2.45, 2.75) is 19.9 Å². The molecule has 7 nitrogen and oxygen atoms in total. The monoisotopic (exact) mass is 382 g/mol. The Labute approximate surface area is 162 Å². The smallest absolute Gasteiger partial charge is 0.359 e. The molecule has 0 saturated heterocycles. The number of hydrogen-bond donors (Lipinski definition) is 0. The molecule has 0 aliphatic rings. The molecule has 0 aliphatic carbocycles. The fraction of sp³-hybridized carbons (Fsp3) is 0.286. The number of nitrogens with zero attached hydrogens (tertiary/aromatic N) is 2. The van der Waals surface area contributed by atoms with E-state index in [2.05, 4.69) is 5.10 Å². The van der Waals surface area contributed by atoms with E-state index in [1.807, 2.05) is 6.92 Å². The summed E-state index contributed by atoms with van der Waals surface area (Å²) in [4.78, 5) is 25.0. The van der Waals surface area contributed by atoms with Gasteiger partial charge in [0.1, 0.15) is 24.7 Å². The van der Waals surface area contributed by atoms with Crippen LogP contribution in [0.15, 0.2) is 53.3 Å². The highest BCUT2D eigenvalue weighted by atomic mass is 16.6. The van der Waals surface area contributed by atoms with Crippen LogP contribution in [-0.4, -0.2) is 36.1 Å². The van der Waals surface area contributed by atoms with Crippen LogP contribution >= 0.6 is 0 Å². The number of carbonyl (C=O) groups excluding carboxylic acids is 1. The number of ether oxygens (including phenoxy) is 3. The van der Waals surface area contributed by atoms with E-state index in [9.17, 15) is 9.59 Å². The Hall–Kier alpha value is -3.35. The van der Waals surface area contributed by atoms with Crippen LogP contribution in [-0.2, 0) is 11.3 Å². The summed E-state index contributed by atoms with van der Waals surface area (Å²) in [6.07, 6.45) is 0.732. The van der Waals surface area contributed by atoms with Crippen molar-refractivity contribution in [1.82, 2.24) is 9.78 Å². The second kappa shape index (κ2) is 9.03. The van der Waals surface area contributed by atoms with Gasteiger partial charge in [-0.1, -0.05) is 25.1 Å². The van der Waals surface area contributed by atoms with Gasteiger partial charge in [-0.2, -0.15) is 5.10 Å². The normalized spacial score (nSPS) is 10.6. The Morgan fingerprint density at radius 3 is 2.36 bits per heavy atom. The van der Waals surface area contributed by atoms with Crippen LogP contribution in [0.2, 0.25) is 0 Å². The summed E-state index contributed by atoms with van der Waals surface area (Å²) in [5.74, 6) is 0.801. The highest BCUT2D eigenvalue weighted by molar-refractivity contribution is 6.02. The average molecular weight is 382 g/mol. The molecular weight excluding hydrogens is 360 g/mol. The van der Waals surface area contributed by atoms with Gasteiger partial charge in [0, 0.05) is 11.9 Å². The summed E-state index contributed by atoms with van der Waals surface area (Å²) >= 11 is 0. The molecule has 0 spiro atoms. The van der Waals surface area contributed by atoms with Crippen LogP contribution < -0.4 is 15.0 Å². The molecule has 0 amide bonds. The van der Waals surface area contributed by atoms with Crippen LogP contribution in [0.25, 0.3) is 10.8 Å². The SMILES string of the molecule is CCCn1nc(C(=O)OCCOc2ccc(OC)cc2)c2ccccc2c1=O. The number of benzene rings is 2.